The minimum absolute atomic E-state index is 0.0478. The van der Waals surface area contributed by atoms with E-state index in [1.54, 1.807) is 17.0 Å². The summed E-state index contributed by atoms with van der Waals surface area (Å²) in [6.45, 7) is 3.42. The van der Waals surface area contributed by atoms with Crippen LogP contribution < -0.4 is 10.2 Å². The van der Waals surface area contributed by atoms with Crippen LogP contribution in [-0.4, -0.2) is 25.0 Å². The number of hydrogen-bond acceptors (Lipinski definition) is 2. The summed E-state index contributed by atoms with van der Waals surface area (Å²) in [7, 11) is 0. The van der Waals surface area contributed by atoms with Crippen molar-refractivity contribution in [3.8, 4) is 0 Å². The highest BCUT2D eigenvalue weighted by molar-refractivity contribution is 14.1. The van der Waals surface area contributed by atoms with Crippen LogP contribution in [0.15, 0.2) is 18.2 Å². The molecule has 2 rings (SSSR count). The van der Waals surface area contributed by atoms with Crippen molar-refractivity contribution in [1.82, 2.24) is 5.32 Å². The Bertz CT molecular complexity index is 451. The lowest BCUT2D eigenvalue weighted by atomic mass is 10.0. The summed E-state index contributed by atoms with van der Waals surface area (Å²) in [6, 6.07) is 4.73. The van der Waals surface area contributed by atoms with Gasteiger partial charge in [-0.25, -0.2) is 4.39 Å². The van der Waals surface area contributed by atoms with Gasteiger partial charge in [0.1, 0.15) is 5.82 Å². The molecule has 1 aliphatic heterocycles. The molecule has 0 radical (unpaired) electrons. The Hall–Kier alpha value is -0.690. The van der Waals surface area contributed by atoms with Crippen LogP contribution in [0.4, 0.5) is 10.1 Å². The van der Waals surface area contributed by atoms with Crippen molar-refractivity contribution in [2.24, 2.45) is 0 Å². The monoisotopic (exact) mass is 362 g/mol. The van der Waals surface area contributed by atoms with Gasteiger partial charge in [0.25, 0.3) is 0 Å². The zero-order valence-electron chi connectivity index (χ0n) is 10.2. The molecule has 1 heterocycles. The molecule has 1 amide bonds. The first-order chi connectivity index (χ1) is 8.65. The van der Waals surface area contributed by atoms with E-state index >= 15 is 0 Å². The largest absolute Gasteiger partial charge is 0.310 e. The van der Waals surface area contributed by atoms with Crippen LogP contribution in [0, 0.1) is 9.39 Å². The maximum Gasteiger partial charge on any atom is 0.244 e. The van der Waals surface area contributed by atoms with Gasteiger partial charge in [0.05, 0.1) is 15.3 Å². The fourth-order valence-electron chi connectivity index (χ4n) is 2.25. The number of piperidine rings is 1. The maximum absolute atomic E-state index is 13.5. The number of carbonyl (C=O) groups excluding carboxylic acids is 1. The first kappa shape index (κ1) is 13.7. The Morgan fingerprint density at radius 1 is 1.56 bits per heavy atom. The van der Waals surface area contributed by atoms with Gasteiger partial charge in [-0.3, -0.25) is 4.79 Å². The molecule has 1 N–H and O–H groups in total. The molecule has 0 aliphatic carbocycles. The van der Waals surface area contributed by atoms with E-state index in [1.807, 2.05) is 29.5 Å². The van der Waals surface area contributed by atoms with Crippen molar-refractivity contribution < 1.29 is 9.18 Å². The number of nitrogens with zero attached hydrogens (tertiary/aromatic N) is 1. The molecule has 0 spiro atoms. The maximum atomic E-state index is 13.5. The second-order valence-corrected chi connectivity index (χ2v) is 5.39. The average Bonchev–Trinajstić information content (AvgIpc) is 2.36. The molecule has 0 aromatic heterocycles. The molecule has 5 heteroatoms. The molecule has 1 saturated heterocycles. The third-order valence-corrected chi connectivity index (χ3v) is 4.18. The molecule has 98 valence electrons. The zero-order chi connectivity index (χ0) is 13.1. The van der Waals surface area contributed by atoms with Crippen LogP contribution >= 0.6 is 22.6 Å². The smallest absolute Gasteiger partial charge is 0.244 e. The lowest BCUT2D eigenvalue weighted by Gasteiger charge is -2.33. The van der Waals surface area contributed by atoms with Crippen LogP contribution in [-0.2, 0) is 4.79 Å². The molecule has 0 bridgehead atoms. The molecular formula is C13H16FIN2O. The molecule has 0 saturated carbocycles. The van der Waals surface area contributed by atoms with Crippen molar-refractivity contribution in [3.63, 3.8) is 0 Å². The minimum Gasteiger partial charge on any atom is -0.310 e. The van der Waals surface area contributed by atoms with Gasteiger partial charge in [-0.1, -0.05) is 13.0 Å². The Morgan fingerprint density at radius 2 is 2.33 bits per heavy atom. The SMILES string of the molecule is CCNC1CCCN(c2cccc(F)c2I)C1=O. The highest BCUT2D eigenvalue weighted by Gasteiger charge is 2.30. The average molecular weight is 362 g/mol. The van der Waals surface area contributed by atoms with Gasteiger partial charge in [0.15, 0.2) is 0 Å². The summed E-state index contributed by atoms with van der Waals surface area (Å²) < 4.78 is 14.1. The summed E-state index contributed by atoms with van der Waals surface area (Å²) in [5, 5.41) is 3.18. The van der Waals surface area contributed by atoms with Gasteiger partial charge in [-0.2, -0.15) is 0 Å². The van der Waals surface area contributed by atoms with E-state index < -0.39 is 0 Å². The number of nitrogens with one attached hydrogen (secondary N) is 1. The molecule has 1 aromatic carbocycles. The van der Waals surface area contributed by atoms with Gasteiger partial charge < -0.3 is 10.2 Å². The number of likely N-dealkylation sites (N-methyl/N-ethyl adjacent to an activating group) is 1. The van der Waals surface area contributed by atoms with Crippen LogP contribution in [0.25, 0.3) is 0 Å². The third-order valence-electron chi connectivity index (χ3n) is 3.11. The van der Waals surface area contributed by atoms with Crippen molar-refractivity contribution in [1.29, 1.82) is 0 Å². The fourth-order valence-corrected chi connectivity index (χ4v) is 2.90. The second kappa shape index (κ2) is 5.97. The Balaban J connectivity index is 2.27. The first-order valence-corrected chi connectivity index (χ1v) is 7.21. The second-order valence-electron chi connectivity index (χ2n) is 4.32. The van der Waals surface area contributed by atoms with E-state index in [0.717, 1.165) is 19.4 Å². The summed E-state index contributed by atoms with van der Waals surface area (Å²) >= 11 is 1.96. The fraction of sp³-hybridized carbons (Fsp3) is 0.462. The molecule has 1 aromatic rings. The molecule has 1 fully saturated rings. The summed E-state index contributed by atoms with van der Waals surface area (Å²) in [6.07, 6.45) is 1.80. The van der Waals surface area contributed by atoms with Crippen LogP contribution in [0.5, 0.6) is 0 Å². The van der Waals surface area contributed by atoms with E-state index in [4.69, 9.17) is 0 Å². The van der Waals surface area contributed by atoms with Gasteiger partial charge in [0.2, 0.25) is 5.91 Å². The Kier molecular flexibility index (Phi) is 4.55. The van der Waals surface area contributed by atoms with Gasteiger partial charge in [0, 0.05) is 6.54 Å². The van der Waals surface area contributed by atoms with Crippen LogP contribution in [0.1, 0.15) is 19.8 Å². The molecule has 3 nitrogen and oxygen atoms in total. The number of halogens is 2. The Morgan fingerprint density at radius 3 is 3.06 bits per heavy atom. The number of amides is 1. The molecular weight excluding hydrogens is 346 g/mol. The van der Waals surface area contributed by atoms with E-state index in [2.05, 4.69) is 5.32 Å². The number of carbonyl (C=O) groups is 1. The van der Waals surface area contributed by atoms with Crippen LogP contribution in [0.2, 0.25) is 0 Å². The van der Waals surface area contributed by atoms with E-state index in [-0.39, 0.29) is 17.8 Å². The Labute approximate surface area is 120 Å². The lowest BCUT2D eigenvalue weighted by Crippen LogP contribution is -2.51. The highest BCUT2D eigenvalue weighted by Crippen LogP contribution is 2.28. The standard InChI is InChI=1S/C13H16FIN2O/c1-2-16-10-6-4-8-17(13(10)18)11-7-3-5-9(14)12(11)15/h3,5,7,10,16H,2,4,6,8H2,1H3. The van der Waals surface area contributed by atoms with E-state index in [9.17, 15) is 9.18 Å². The summed E-state index contributed by atoms with van der Waals surface area (Å²) in [5.74, 6) is -0.224. The van der Waals surface area contributed by atoms with Crippen molar-refractivity contribution >= 4 is 34.2 Å². The molecule has 1 atom stereocenters. The molecule has 1 unspecified atom stereocenters. The van der Waals surface area contributed by atoms with Gasteiger partial charge >= 0.3 is 0 Å². The number of rotatable bonds is 3. The topological polar surface area (TPSA) is 32.3 Å². The first-order valence-electron chi connectivity index (χ1n) is 6.14. The van der Waals surface area contributed by atoms with Crippen molar-refractivity contribution in [2.45, 2.75) is 25.8 Å². The summed E-state index contributed by atoms with van der Waals surface area (Å²) in [5.41, 5.74) is 0.684. The number of hydrogen-bond donors (Lipinski definition) is 1. The zero-order valence-corrected chi connectivity index (χ0v) is 12.4. The van der Waals surface area contributed by atoms with E-state index in [1.165, 1.54) is 6.07 Å². The molecule has 18 heavy (non-hydrogen) atoms. The minimum atomic E-state index is -0.272. The number of anilines is 1. The lowest BCUT2D eigenvalue weighted by molar-refractivity contribution is -0.121. The highest BCUT2D eigenvalue weighted by atomic mass is 127. The quantitative estimate of drug-likeness (QED) is 0.839. The molecule has 1 aliphatic rings. The van der Waals surface area contributed by atoms with E-state index in [0.29, 0.717) is 15.8 Å². The van der Waals surface area contributed by atoms with Crippen LogP contribution in [0.3, 0.4) is 0 Å². The number of benzene rings is 1. The van der Waals surface area contributed by atoms with Crippen molar-refractivity contribution in [3.05, 3.63) is 27.6 Å². The predicted octanol–water partition coefficient (Wildman–Crippen LogP) is 2.54. The summed E-state index contributed by atoms with van der Waals surface area (Å²) in [4.78, 5) is 14.0. The van der Waals surface area contributed by atoms with Gasteiger partial charge in [-0.15, -0.1) is 0 Å². The normalized spacial score (nSPS) is 20.3. The third kappa shape index (κ3) is 2.66. The van der Waals surface area contributed by atoms with Gasteiger partial charge in [-0.05, 0) is 54.1 Å². The predicted molar refractivity (Wildman–Crippen MR) is 78.2 cm³/mol. The van der Waals surface area contributed by atoms with Crippen molar-refractivity contribution in [2.75, 3.05) is 18.0 Å².